The minimum atomic E-state index is -0.183. The summed E-state index contributed by atoms with van der Waals surface area (Å²) < 4.78 is 11.0. The lowest BCUT2D eigenvalue weighted by Gasteiger charge is -2.42. The maximum absolute atomic E-state index is 11.7. The Morgan fingerprint density at radius 2 is 2.00 bits per heavy atom. The zero-order chi connectivity index (χ0) is 14.7. The summed E-state index contributed by atoms with van der Waals surface area (Å²) in [4.78, 5) is 15.9. The van der Waals surface area contributed by atoms with Crippen LogP contribution >= 0.6 is 0 Å². The van der Waals surface area contributed by atoms with E-state index in [1.807, 2.05) is 37.3 Å². The molecule has 0 unspecified atom stereocenters. The Bertz CT molecular complexity index is 474. The third-order valence-electron chi connectivity index (χ3n) is 4.13. The monoisotopic (exact) mass is 290 g/mol. The van der Waals surface area contributed by atoms with Gasteiger partial charge in [-0.25, -0.2) is 4.79 Å². The van der Waals surface area contributed by atoms with Crippen LogP contribution in [0.3, 0.4) is 0 Å². The first-order valence-electron chi connectivity index (χ1n) is 7.63. The van der Waals surface area contributed by atoms with E-state index in [1.165, 1.54) is 0 Å². The number of amides is 1. The summed E-state index contributed by atoms with van der Waals surface area (Å²) in [5.74, 6) is 0.932. The largest absolute Gasteiger partial charge is 0.488 e. The van der Waals surface area contributed by atoms with Crippen LogP contribution in [-0.2, 0) is 4.74 Å². The molecule has 0 radical (unpaired) electrons. The van der Waals surface area contributed by atoms with Gasteiger partial charge < -0.3 is 14.4 Å². The van der Waals surface area contributed by atoms with E-state index in [4.69, 9.17) is 9.47 Å². The maximum atomic E-state index is 11.7. The highest BCUT2D eigenvalue weighted by atomic mass is 16.6. The van der Waals surface area contributed by atoms with Crippen LogP contribution in [0.4, 0.5) is 4.79 Å². The fourth-order valence-corrected chi connectivity index (χ4v) is 2.95. The van der Waals surface area contributed by atoms with Crippen LogP contribution < -0.4 is 4.74 Å². The van der Waals surface area contributed by atoms with Crippen molar-refractivity contribution in [3.05, 3.63) is 30.3 Å². The summed E-state index contributed by atoms with van der Waals surface area (Å²) in [7, 11) is 0. The second kappa shape index (κ2) is 6.35. The number of carbonyl (C=O) groups excluding carboxylic acids is 1. The first-order chi connectivity index (χ1) is 10.3. The van der Waals surface area contributed by atoms with Gasteiger partial charge in [-0.05, 0) is 25.5 Å². The standard InChI is InChI=1S/C16H22N2O3/c1-2-20-16(19)17-9-8-13(10-17)18-11-15(12-18)21-14-6-4-3-5-7-14/h3-7,13,15H,2,8-12H2,1H3/t13-/m0/s1. The number of hydrogen-bond acceptors (Lipinski definition) is 4. The van der Waals surface area contributed by atoms with Gasteiger partial charge in [0, 0.05) is 32.2 Å². The second-order valence-corrected chi connectivity index (χ2v) is 5.59. The van der Waals surface area contributed by atoms with Gasteiger partial charge >= 0.3 is 6.09 Å². The number of para-hydroxylation sites is 1. The molecule has 0 bridgehead atoms. The molecule has 2 saturated heterocycles. The predicted molar refractivity (Wildman–Crippen MR) is 79.4 cm³/mol. The molecular formula is C16H22N2O3. The van der Waals surface area contributed by atoms with E-state index < -0.39 is 0 Å². The topological polar surface area (TPSA) is 42.0 Å². The molecule has 5 heteroatoms. The van der Waals surface area contributed by atoms with Gasteiger partial charge in [0.25, 0.3) is 0 Å². The first kappa shape index (κ1) is 14.2. The number of carbonyl (C=O) groups is 1. The molecule has 1 amide bonds. The molecule has 1 aromatic carbocycles. The zero-order valence-electron chi connectivity index (χ0n) is 12.4. The summed E-state index contributed by atoms with van der Waals surface area (Å²) in [6.07, 6.45) is 1.11. The molecule has 0 N–H and O–H groups in total. The van der Waals surface area contributed by atoms with Crippen LogP contribution in [0.25, 0.3) is 0 Å². The van der Waals surface area contributed by atoms with Gasteiger partial charge in [0.1, 0.15) is 11.9 Å². The van der Waals surface area contributed by atoms with Gasteiger partial charge in [0.05, 0.1) is 6.61 Å². The SMILES string of the molecule is CCOC(=O)N1CC[C@H](N2CC(Oc3ccccc3)C2)C1. The van der Waals surface area contributed by atoms with Crippen molar-refractivity contribution in [2.75, 3.05) is 32.8 Å². The van der Waals surface area contributed by atoms with Gasteiger partial charge in [0.15, 0.2) is 0 Å². The van der Waals surface area contributed by atoms with Gasteiger partial charge in [0.2, 0.25) is 0 Å². The van der Waals surface area contributed by atoms with Crippen LogP contribution in [0.15, 0.2) is 30.3 Å². The smallest absolute Gasteiger partial charge is 0.409 e. The highest BCUT2D eigenvalue weighted by molar-refractivity contribution is 5.68. The molecule has 5 nitrogen and oxygen atoms in total. The van der Waals surface area contributed by atoms with E-state index in [1.54, 1.807) is 4.90 Å². The van der Waals surface area contributed by atoms with Crippen LogP contribution in [0.2, 0.25) is 0 Å². The molecule has 2 aliphatic heterocycles. The van der Waals surface area contributed by atoms with Crippen molar-refractivity contribution in [2.24, 2.45) is 0 Å². The zero-order valence-corrected chi connectivity index (χ0v) is 12.4. The Morgan fingerprint density at radius 3 is 2.71 bits per heavy atom. The highest BCUT2D eigenvalue weighted by Gasteiger charge is 2.38. The van der Waals surface area contributed by atoms with E-state index in [-0.39, 0.29) is 12.2 Å². The number of hydrogen-bond donors (Lipinski definition) is 0. The molecule has 0 saturated carbocycles. The third kappa shape index (κ3) is 3.29. The lowest BCUT2D eigenvalue weighted by Crippen LogP contribution is -2.58. The summed E-state index contributed by atoms with van der Waals surface area (Å²) in [5.41, 5.74) is 0. The number of ether oxygens (including phenoxy) is 2. The lowest BCUT2D eigenvalue weighted by atomic mass is 10.1. The Balaban J connectivity index is 1.42. The summed E-state index contributed by atoms with van der Waals surface area (Å²) >= 11 is 0. The minimum Gasteiger partial charge on any atom is -0.488 e. The van der Waals surface area contributed by atoms with E-state index in [0.717, 1.165) is 38.3 Å². The van der Waals surface area contributed by atoms with E-state index in [2.05, 4.69) is 4.90 Å². The Morgan fingerprint density at radius 1 is 1.24 bits per heavy atom. The fourth-order valence-electron chi connectivity index (χ4n) is 2.95. The molecule has 114 valence electrons. The van der Waals surface area contributed by atoms with Crippen molar-refractivity contribution in [1.29, 1.82) is 0 Å². The number of nitrogens with zero attached hydrogens (tertiary/aromatic N) is 2. The molecule has 3 rings (SSSR count). The maximum Gasteiger partial charge on any atom is 0.409 e. The van der Waals surface area contributed by atoms with Gasteiger partial charge in [-0.1, -0.05) is 18.2 Å². The van der Waals surface area contributed by atoms with Gasteiger partial charge in [-0.2, -0.15) is 0 Å². The molecule has 2 heterocycles. The fraction of sp³-hybridized carbons (Fsp3) is 0.562. The average Bonchev–Trinajstić information content (AvgIpc) is 2.93. The van der Waals surface area contributed by atoms with Crippen LogP contribution in [0.5, 0.6) is 5.75 Å². The van der Waals surface area contributed by atoms with Crippen molar-refractivity contribution < 1.29 is 14.3 Å². The molecule has 1 atom stereocenters. The predicted octanol–water partition coefficient (Wildman–Crippen LogP) is 1.98. The van der Waals surface area contributed by atoms with Crippen molar-refractivity contribution in [3.8, 4) is 5.75 Å². The highest BCUT2D eigenvalue weighted by Crippen LogP contribution is 2.24. The van der Waals surface area contributed by atoms with Crippen LogP contribution in [0, 0.1) is 0 Å². The third-order valence-corrected chi connectivity index (χ3v) is 4.13. The minimum absolute atomic E-state index is 0.183. The van der Waals surface area contributed by atoms with E-state index in [0.29, 0.717) is 12.6 Å². The summed E-state index contributed by atoms with van der Waals surface area (Å²) in [6, 6.07) is 10.4. The normalized spacial score (nSPS) is 22.9. The van der Waals surface area contributed by atoms with Crippen molar-refractivity contribution in [2.45, 2.75) is 25.5 Å². The Hall–Kier alpha value is -1.75. The Labute approximate surface area is 125 Å². The molecule has 2 fully saturated rings. The van der Waals surface area contributed by atoms with Crippen LogP contribution in [-0.4, -0.2) is 60.8 Å². The number of likely N-dealkylation sites (tertiary alicyclic amines) is 2. The van der Waals surface area contributed by atoms with Crippen molar-refractivity contribution >= 4 is 6.09 Å². The molecule has 21 heavy (non-hydrogen) atoms. The van der Waals surface area contributed by atoms with E-state index in [9.17, 15) is 4.79 Å². The molecule has 1 aromatic rings. The number of benzene rings is 1. The second-order valence-electron chi connectivity index (χ2n) is 5.59. The molecule has 0 spiro atoms. The molecular weight excluding hydrogens is 268 g/mol. The number of rotatable bonds is 4. The molecule has 0 aromatic heterocycles. The van der Waals surface area contributed by atoms with E-state index >= 15 is 0 Å². The van der Waals surface area contributed by atoms with Crippen molar-refractivity contribution in [1.82, 2.24) is 9.80 Å². The van der Waals surface area contributed by atoms with Gasteiger partial charge in [-0.15, -0.1) is 0 Å². The Kier molecular flexibility index (Phi) is 4.29. The first-order valence-corrected chi connectivity index (χ1v) is 7.63. The quantitative estimate of drug-likeness (QED) is 0.850. The molecule has 0 aliphatic carbocycles. The van der Waals surface area contributed by atoms with Gasteiger partial charge in [-0.3, -0.25) is 4.90 Å². The van der Waals surface area contributed by atoms with Crippen molar-refractivity contribution in [3.63, 3.8) is 0 Å². The molecule has 2 aliphatic rings. The summed E-state index contributed by atoms with van der Waals surface area (Å²) in [5, 5.41) is 0. The van der Waals surface area contributed by atoms with Crippen LogP contribution in [0.1, 0.15) is 13.3 Å². The average molecular weight is 290 g/mol. The summed E-state index contributed by atoms with van der Waals surface area (Å²) in [6.45, 7) is 5.73. The lowest BCUT2D eigenvalue weighted by molar-refractivity contribution is -0.00651.